The smallest absolute Gasteiger partial charge is 0.337 e. The van der Waals surface area contributed by atoms with Gasteiger partial charge in [-0.25, -0.2) is 4.79 Å². The number of aliphatic imine (C=N–C) groups is 1. The number of benzene rings is 1. The van der Waals surface area contributed by atoms with Gasteiger partial charge in [0.1, 0.15) is 0 Å². The first-order chi connectivity index (χ1) is 8.20. The molecular weight excluding hydrogens is 218 g/mol. The maximum absolute atomic E-state index is 11.2. The zero-order chi connectivity index (χ0) is 12.3. The van der Waals surface area contributed by atoms with E-state index in [0.717, 1.165) is 5.56 Å². The van der Waals surface area contributed by atoms with Crippen molar-refractivity contribution in [3.05, 3.63) is 47.7 Å². The van der Waals surface area contributed by atoms with Crippen molar-refractivity contribution < 1.29 is 14.3 Å². The van der Waals surface area contributed by atoms with Crippen LogP contribution in [0.15, 0.2) is 41.5 Å². The molecule has 0 unspecified atom stereocenters. The Bertz CT molecular complexity index is 512. The largest absolute Gasteiger partial charge is 0.465 e. The highest BCUT2D eigenvalue weighted by Crippen LogP contribution is 2.12. The molecule has 1 aliphatic rings. The molecule has 0 fully saturated rings. The number of rotatable bonds is 2. The van der Waals surface area contributed by atoms with Crippen LogP contribution in [-0.2, 0) is 9.53 Å². The Balaban J connectivity index is 2.24. The molecule has 0 aromatic heterocycles. The summed E-state index contributed by atoms with van der Waals surface area (Å²) >= 11 is 0. The highest BCUT2D eigenvalue weighted by atomic mass is 16.5. The molecule has 1 aliphatic heterocycles. The first-order valence-electron chi connectivity index (χ1n) is 5.15. The van der Waals surface area contributed by atoms with E-state index in [0.29, 0.717) is 17.7 Å². The predicted octanol–water partition coefficient (Wildman–Crippen LogP) is 1.75. The number of hydrogen-bond donors (Lipinski definition) is 0. The Kier molecular flexibility index (Phi) is 3.14. The maximum Gasteiger partial charge on any atom is 0.337 e. The quantitative estimate of drug-likeness (QED) is 0.726. The average Bonchev–Trinajstić information content (AvgIpc) is 2.38. The van der Waals surface area contributed by atoms with Gasteiger partial charge in [0, 0.05) is 6.20 Å². The number of ether oxygens (including phenoxy) is 1. The summed E-state index contributed by atoms with van der Waals surface area (Å²) in [6.45, 7) is 0. The van der Waals surface area contributed by atoms with E-state index in [4.69, 9.17) is 0 Å². The van der Waals surface area contributed by atoms with E-state index < -0.39 is 0 Å². The number of ketones is 1. The van der Waals surface area contributed by atoms with Crippen LogP contribution < -0.4 is 0 Å². The van der Waals surface area contributed by atoms with Crippen molar-refractivity contribution in [3.8, 4) is 0 Å². The number of carbonyl (C=O) groups excluding carboxylic acids is 2. The molecule has 17 heavy (non-hydrogen) atoms. The van der Waals surface area contributed by atoms with E-state index in [1.54, 1.807) is 24.3 Å². The molecule has 0 aliphatic carbocycles. The van der Waals surface area contributed by atoms with Crippen LogP contribution in [0, 0.1) is 0 Å². The molecule has 0 radical (unpaired) electrons. The summed E-state index contributed by atoms with van der Waals surface area (Å²) in [5, 5.41) is 0. The molecule has 86 valence electrons. The highest BCUT2D eigenvalue weighted by Gasteiger charge is 2.12. The molecule has 4 nitrogen and oxygen atoms in total. The lowest BCUT2D eigenvalue weighted by Gasteiger charge is -2.07. The lowest BCUT2D eigenvalue weighted by molar-refractivity contribution is -0.113. The normalized spacial score (nSPS) is 14.4. The van der Waals surface area contributed by atoms with Gasteiger partial charge in [-0.1, -0.05) is 12.1 Å². The highest BCUT2D eigenvalue weighted by molar-refractivity contribution is 6.15. The van der Waals surface area contributed by atoms with E-state index in [1.807, 2.05) is 0 Å². The second kappa shape index (κ2) is 4.74. The van der Waals surface area contributed by atoms with Crippen molar-refractivity contribution in [1.29, 1.82) is 0 Å². The second-order valence-corrected chi connectivity index (χ2v) is 3.60. The van der Waals surface area contributed by atoms with Gasteiger partial charge in [-0.2, -0.15) is 0 Å². The SMILES string of the molecule is COC(=O)c1ccc(C2=NC=CC(=O)C2)cc1. The molecule has 0 N–H and O–H groups in total. The van der Waals surface area contributed by atoms with Crippen molar-refractivity contribution in [1.82, 2.24) is 0 Å². The van der Waals surface area contributed by atoms with Crippen LogP contribution in [-0.4, -0.2) is 24.6 Å². The standard InChI is InChI=1S/C13H11NO3/c1-17-13(16)10-4-2-9(3-5-10)12-8-11(15)6-7-14-12/h2-7H,8H2,1H3. The van der Waals surface area contributed by atoms with E-state index in [1.165, 1.54) is 19.4 Å². The fourth-order valence-electron chi connectivity index (χ4n) is 1.57. The van der Waals surface area contributed by atoms with Gasteiger partial charge >= 0.3 is 5.97 Å². The van der Waals surface area contributed by atoms with E-state index in [2.05, 4.69) is 9.73 Å². The van der Waals surface area contributed by atoms with E-state index >= 15 is 0 Å². The minimum atomic E-state index is -0.377. The number of esters is 1. The third-order valence-electron chi connectivity index (χ3n) is 2.47. The first-order valence-corrected chi connectivity index (χ1v) is 5.15. The topological polar surface area (TPSA) is 55.7 Å². The van der Waals surface area contributed by atoms with Crippen molar-refractivity contribution >= 4 is 17.5 Å². The molecule has 1 aromatic carbocycles. The van der Waals surface area contributed by atoms with E-state index in [9.17, 15) is 9.59 Å². The lowest BCUT2D eigenvalue weighted by Crippen LogP contribution is -2.10. The van der Waals surface area contributed by atoms with Crippen LogP contribution >= 0.6 is 0 Å². The molecular formula is C13H11NO3. The van der Waals surface area contributed by atoms with Crippen molar-refractivity contribution in [2.24, 2.45) is 4.99 Å². The van der Waals surface area contributed by atoms with Crippen LogP contribution in [0.1, 0.15) is 22.3 Å². The van der Waals surface area contributed by atoms with Gasteiger partial charge in [0.2, 0.25) is 0 Å². The van der Waals surface area contributed by atoms with Crippen LogP contribution in [0.2, 0.25) is 0 Å². The molecule has 0 bridgehead atoms. The first kappa shape index (κ1) is 11.3. The molecule has 0 spiro atoms. The molecule has 4 heteroatoms. The molecule has 2 rings (SSSR count). The van der Waals surface area contributed by atoms with Gasteiger partial charge < -0.3 is 4.74 Å². The van der Waals surface area contributed by atoms with Gasteiger partial charge in [-0.05, 0) is 23.8 Å². The summed E-state index contributed by atoms with van der Waals surface area (Å²) in [5.41, 5.74) is 2.04. The van der Waals surface area contributed by atoms with Crippen LogP contribution in [0.4, 0.5) is 0 Å². The van der Waals surface area contributed by atoms with Crippen molar-refractivity contribution in [2.75, 3.05) is 7.11 Å². The summed E-state index contributed by atoms with van der Waals surface area (Å²) in [5.74, 6) is -0.342. The minimum Gasteiger partial charge on any atom is -0.465 e. The Labute approximate surface area is 98.6 Å². The summed E-state index contributed by atoms with van der Waals surface area (Å²) in [6, 6.07) is 6.84. The molecule has 0 saturated heterocycles. The number of nitrogens with zero attached hydrogens (tertiary/aromatic N) is 1. The zero-order valence-electron chi connectivity index (χ0n) is 9.34. The fraction of sp³-hybridized carbons (Fsp3) is 0.154. The second-order valence-electron chi connectivity index (χ2n) is 3.60. The number of allylic oxidation sites excluding steroid dienone is 1. The van der Waals surface area contributed by atoms with Crippen molar-refractivity contribution in [2.45, 2.75) is 6.42 Å². The molecule has 1 heterocycles. The average molecular weight is 229 g/mol. The van der Waals surface area contributed by atoms with Crippen LogP contribution in [0.5, 0.6) is 0 Å². The third-order valence-corrected chi connectivity index (χ3v) is 2.47. The lowest BCUT2D eigenvalue weighted by atomic mass is 10.0. The van der Waals surface area contributed by atoms with Crippen LogP contribution in [0.3, 0.4) is 0 Å². The number of hydrogen-bond acceptors (Lipinski definition) is 4. The van der Waals surface area contributed by atoms with Gasteiger partial charge in [0.15, 0.2) is 5.78 Å². The number of carbonyl (C=O) groups is 2. The monoisotopic (exact) mass is 229 g/mol. The van der Waals surface area contributed by atoms with E-state index in [-0.39, 0.29) is 11.8 Å². The summed E-state index contributed by atoms with van der Waals surface area (Å²) in [7, 11) is 1.34. The predicted molar refractivity (Wildman–Crippen MR) is 63.1 cm³/mol. The summed E-state index contributed by atoms with van der Waals surface area (Å²) in [4.78, 5) is 26.6. The Hall–Kier alpha value is -2.23. The Morgan fingerprint density at radius 1 is 1.29 bits per heavy atom. The van der Waals surface area contributed by atoms with Crippen molar-refractivity contribution in [3.63, 3.8) is 0 Å². The van der Waals surface area contributed by atoms with Gasteiger partial charge in [-0.3, -0.25) is 9.79 Å². The zero-order valence-corrected chi connectivity index (χ0v) is 9.34. The van der Waals surface area contributed by atoms with Gasteiger partial charge in [-0.15, -0.1) is 0 Å². The molecule has 0 atom stereocenters. The van der Waals surface area contributed by atoms with Crippen LogP contribution in [0.25, 0.3) is 0 Å². The van der Waals surface area contributed by atoms with Gasteiger partial charge in [0.05, 0.1) is 24.8 Å². The molecule has 1 aromatic rings. The summed E-state index contributed by atoms with van der Waals surface area (Å²) < 4.78 is 4.60. The summed E-state index contributed by atoms with van der Waals surface area (Å²) in [6.07, 6.45) is 3.25. The third kappa shape index (κ3) is 2.47. The maximum atomic E-state index is 11.2. The minimum absolute atomic E-state index is 0.0343. The Morgan fingerprint density at radius 3 is 2.59 bits per heavy atom. The molecule has 0 saturated carbocycles. The fourth-order valence-corrected chi connectivity index (χ4v) is 1.57. The molecule has 0 amide bonds. The Morgan fingerprint density at radius 2 is 2.00 bits per heavy atom. The van der Waals surface area contributed by atoms with Gasteiger partial charge in [0.25, 0.3) is 0 Å². The number of methoxy groups -OCH3 is 1.